The SMILES string of the molecule is CC1(C(=O)O)CN(C(=O)[C@@H](NC(=O)OCC2c3ccccc3-c3ccccc32)C(C)(C)C)CCO1. The largest absolute Gasteiger partial charge is 0.479 e. The third-order valence-electron chi connectivity index (χ3n) is 6.76. The molecule has 1 unspecified atom stereocenters. The molecule has 0 bridgehead atoms. The van der Waals surface area contributed by atoms with E-state index in [1.54, 1.807) is 0 Å². The number of rotatable bonds is 5. The summed E-state index contributed by atoms with van der Waals surface area (Å²) in [6.07, 6.45) is -0.686. The molecule has 8 nitrogen and oxygen atoms in total. The number of nitrogens with zero attached hydrogens (tertiary/aromatic N) is 1. The molecule has 2 aromatic carbocycles. The van der Waals surface area contributed by atoms with Gasteiger partial charge in [-0.3, -0.25) is 4.79 Å². The molecule has 2 aliphatic rings. The van der Waals surface area contributed by atoms with Gasteiger partial charge in [0.1, 0.15) is 12.6 Å². The van der Waals surface area contributed by atoms with Gasteiger partial charge in [-0.15, -0.1) is 0 Å². The van der Waals surface area contributed by atoms with Gasteiger partial charge in [-0.25, -0.2) is 9.59 Å². The molecule has 1 aliphatic heterocycles. The second-order valence-electron chi connectivity index (χ2n) is 10.4. The van der Waals surface area contributed by atoms with Gasteiger partial charge in [0.25, 0.3) is 0 Å². The third kappa shape index (κ3) is 4.89. The fraction of sp³-hybridized carbons (Fsp3) is 0.444. The van der Waals surface area contributed by atoms with Gasteiger partial charge in [0.05, 0.1) is 13.2 Å². The molecule has 0 radical (unpaired) electrons. The summed E-state index contributed by atoms with van der Waals surface area (Å²) in [5, 5.41) is 12.2. The predicted octanol–water partition coefficient (Wildman–Crippen LogP) is 3.64. The molecule has 2 amide bonds. The Morgan fingerprint density at radius 3 is 2.23 bits per heavy atom. The number of fused-ring (bicyclic) bond motifs is 3. The van der Waals surface area contributed by atoms with Gasteiger partial charge in [0, 0.05) is 12.5 Å². The lowest BCUT2D eigenvalue weighted by Crippen LogP contribution is -2.61. The number of carbonyl (C=O) groups is 3. The Kier molecular flexibility index (Phi) is 6.60. The highest BCUT2D eigenvalue weighted by Gasteiger charge is 2.44. The summed E-state index contributed by atoms with van der Waals surface area (Å²) in [5.41, 5.74) is 2.36. The quantitative estimate of drug-likeness (QED) is 0.677. The highest BCUT2D eigenvalue weighted by Crippen LogP contribution is 2.44. The fourth-order valence-electron chi connectivity index (χ4n) is 4.78. The van der Waals surface area contributed by atoms with Crippen LogP contribution in [0.2, 0.25) is 0 Å². The smallest absolute Gasteiger partial charge is 0.407 e. The van der Waals surface area contributed by atoms with Crippen molar-refractivity contribution in [3.05, 3.63) is 59.7 Å². The summed E-state index contributed by atoms with van der Waals surface area (Å²) in [4.78, 5) is 39.3. The van der Waals surface area contributed by atoms with E-state index in [4.69, 9.17) is 9.47 Å². The highest BCUT2D eigenvalue weighted by molar-refractivity contribution is 5.88. The molecule has 2 atom stereocenters. The molecule has 8 heteroatoms. The summed E-state index contributed by atoms with van der Waals surface area (Å²) in [5.74, 6) is -1.58. The zero-order valence-corrected chi connectivity index (χ0v) is 20.5. The van der Waals surface area contributed by atoms with Crippen LogP contribution in [0.1, 0.15) is 44.7 Å². The van der Waals surface area contributed by atoms with Crippen molar-refractivity contribution in [1.82, 2.24) is 10.2 Å². The summed E-state index contributed by atoms with van der Waals surface area (Å²) >= 11 is 0. The van der Waals surface area contributed by atoms with Crippen molar-refractivity contribution >= 4 is 18.0 Å². The molecule has 0 spiro atoms. The molecule has 2 N–H and O–H groups in total. The topological polar surface area (TPSA) is 105 Å². The van der Waals surface area contributed by atoms with E-state index >= 15 is 0 Å². The molecule has 186 valence electrons. The van der Waals surface area contributed by atoms with Crippen molar-refractivity contribution in [3.8, 4) is 11.1 Å². The maximum Gasteiger partial charge on any atom is 0.407 e. The second kappa shape index (κ2) is 9.34. The highest BCUT2D eigenvalue weighted by atomic mass is 16.5. The van der Waals surface area contributed by atoms with Crippen molar-refractivity contribution < 1.29 is 29.0 Å². The van der Waals surface area contributed by atoms with E-state index in [0.29, 0.717) is 0 Å². The predicted molar refractivity (Wildman–Crippen MR) is 130 cm³/mol. The lowest BCUT2D eigenvalue weighted by molar-refractivity contribution is -0.178. The third-order valence-corrected chi connectivity index (χ3v) is 6.76. The average molecular weight is 481 g/mol. The van der Waals surface area contributed by atoms with Crippen molar-refractivity contribution in [1.29, 1.82) is 0 Å². The van der Waals surface area contributed by atoms with Crippen LogP contribution >= 0.6 is 0 Å². The van der Waals surface area contributed by atoms with Crippen LogP contribution < -0.4 is 5.32 Å². The number of hydrogen-bond acceptors (Lipinski definition) is 5. The van der Waals surface area contributed by atoms with E-state index in [1.165, 1.54) is 11.8 Å². The van der Waals surface area contributed by atoms with E-state index in [1.807, 2.05) is 57.2 Å². The zero-order chi connectivity index (χ0) is 25.4. The maximum atomic E-state index is 13.4. The van der Waals surface area contributed by atoms with Crippen molar-refractivity contribution in [2.75, 3.05) is 26.3 Å². The van der Waals surface area contributed by atoms with Gasteiger partial charge < -0.3 is 24.8 Å². The second-order valence-corrected chi connectivity index (χ2v) is 10.4. The molecule has 2 aromatic rings. The summed E-state index contributed by atoms with van der Waals surface area (Å²) in [7, 11) is 0. The average Bonchev–Trinajstić information content (AvgIpc) is 3.14. The molecule has 0 saturated carbocycles. The monoisotopic (exact) mass is 480 g/mol. The Morgan fingerprint density at radius 1 is 1.11 bits per heavy atom. The standard InChI is InChI=1S/C27H32N2O6/c1-26(2,3)22(23(30)29-13-14-35-27(4,16-29)24(31)32)28-25(33)34-15-21-19-11-7-5-9-17(19)18-10-6-8-12-20(18)21/h5-12,21-22H,13-16H2,1-4H3,(H,28,33)(H,31,32)/t22-,27?/m1/s1. The van der Waals surface area contributed by atoms with Gasteiger partial charge in [-0.05, 0) is 34.6 Å². The molecular weight excluding hydrogens is 448 g/mol. The number of nitrogens with one attached hydrogen (secondary N) is 1. The number of hydrogen-bond donors (Lipinski definition) is 2. The Bertz CT molecular complexity index is 1090. The fourth-order valence-corrected chi connectivity index (χ4v) is 4.78. The number of alkyl carbamates (subject to hydrolysis) is 1. The van der Waals surface area contributed by atoms with Crippen molar-refractivity contribution in [2.24, 2.45) is 5.41 Å². The first-order valence-corrected chi connectivity index (χ1v) is 11.8. The number of benzene rings is 2. The first-order valence-electron chi connectivity index (χ1n) is 11.8. The van der Waals surface area contributed by atoms with E-state index < -0.39 is 29.1 Å². The number of amides is 2. The Morgan fingerprint density at radius 2 is 1.69 bits per heavy atom. The minimum Gasteiger partial charge on any atom is -0.479 e. The van der Waals surface area contributed by atoms with Crippen LogP contribution in [0.3, 0.4) is 0 Å². The lowest BCUT2D eigenvalue weighted by atomic mass is 9.85. The first-order chi connectivity index (χ1) is 16.5. The summed E-state index contributed by atoms with van der Waals surface area (Å²) in [6, 6.07) is 15.2. The van der Waals surface area contributed by atoms with Crippen LogP contribution in [0.25, 0.3) is 11.1 Å². The van der Waals surface area contributed by atoms with Crippen LogP contribution in [-0.2, 0) is 19.1 Å². The van der Waals surface area contributed by atoms with E-state index in [0.717, 1.165) is 22.3 Å². The summed E-state index contributed by atoms with van der Waals surface area (Å²) in [6.45, 7) is 7.37. The number of morpholine rings is 1. The number of carbonyl (C=O) groups excluding carboxylic acids is 2. The van der Waals surface area contributed by atoms with Crippen LogP contribution in [-0.4, -0.2) is 65.9 Å². The minimum absolute atomic E-state index is 0.0903. The lowest BCUT2D eigenvalue weighted by Gasteiger charge is -2.41. The molecule has 4 rings (SSSR count). The number of ether oxygens (including phenoxy) is 2. The number of aliphatic carboxylic acids is 1. The molecule has 1 saturated heterocycles. The van der Waals surface area contributed by atoms with Crippen LogP contribution in [0.4, 0.5) is 4.79 Å². The van der Waals surface area contributed by atoms with E-state index in [-0.39, 0.29) is 38.1 Å². The van der Waals surface area contributed by atoms with Gasteiger partial charge in [0.15, 0.2) is 5.60 Å². The Hall–Kier alpha value is -3.39. The van der Waals surface area contributed by atoms with Gasteiger partial charge >= 0.3 is 12.1 Å². The Labute approximate surface area is 205 Å². The zero-order valence-electron chi connectivity index (χ0n) is 20.5. The van der Waals surface area contributed by atoms with Crippen LogP contribution in [0.5, 0.6) is 0 Å². The molecule has 1 heterocycles. The number of carboxylic acid groups (broad SMARTS) is 1. The molecule has 1 aliphatic carbocycles. The van der Waals surface area contributed by atoms with Crippen molar-refractivity contribution in [2.45, 2.75) is 45.3 Å². The minimum atomic E-state index is -1.49. The van der Waals surface area contributed by atoms with Crippen LogP contribution in [0, 0.1) is 5.41 Å². The van der Waals surface area contributed by atoms with E-state index in [2.05, 4.69) is 17.4 Å². The van der Waals surface area contributed by atoms with Gasteiger partial charge in [-0.2, -0.15) is 0 Å². The number of carboxylic acids is 1. The molecular formula is C27H32N2O6. The molecule has 35 heavy (non-hydrogen) atoms. The normalized spacial score (nSPS) is 20.5. The van der Waals surface area contributed by atoms with E-state index in [9.17, 15) is 19.5 Å². The van der Waals surface area contributed by atoms with Gasteiger partial charge in [0.2, 0.25) is 5.91 Å². The maximum absolute atomic E-state index is 13.4. The van der Waals surface area contributed by atoms with Crippen molar-refractivity contribution in [3.63, 3.8) is 0 Å². The summed E-state index contributed by atoms with van der Waals surface area (Å²) < 4.78 is 11.0. The molecule has 0 aromatic heterocycles. The molecule has 1 fully saturated rings. The Balaban J connectivity index is 1.46. The first kappa shape index (κ1) is 24.7. The van der Waals surface area contributed by atoms with Gasteiger partial charge in [-0.1, -0.05) is 69.3 Å². The van der Waals surface area contributed by atoms with Crippen LogP contribution in [0.15, 0.2) is 48.5 Å².